The van der Waals surface area contributed by atoms with E-state index < -0.39 is 0 Å². The summed E-state index contributed by atoms with van der Waals surface area (Å²) in [5.74, 6) is 0. The van der Waals surface area contributed by atoms with Crippen LogP contribution in [0.25, 0.3) is 0 Å². The molecule has 0 aliphatic carbocycles. The molecular weight excluding hydrogens is 216 g/mol. The first kappa shape index (κ1) is 12.6. The van der Waals surface area contributed by atoms with Crippen LogP contribution in [0.5, 0.6) is 0 Å². The molecule has 2 atom stereocenters. The van der Waals surface area contributed by atoms with E-state index in [1.807, 2.05) is 18.2 Å². The molecule has 0 radical (unpaired) electrons. The molecule has 1 heterocycles. The van der Waals surface area contributed by atoms with E-state index in [-0.39, 0.29) is 11.7 Å². The smallest absolute Gasteiger partial charge is 0.167 e. The fourth-order valence-electron chi connectivity index (χ4n) is 2.13. The maximum atomic E-state index is 5.79. The monoisotopic (exact) mass is 236 g/mol. The van der Waals surface area contributed by atoms with Crippen molar-refractivity contribution in [3.63, 3.8) is 0 Å². The van der Waals surface area contributed by atoms with Crippen LogP contribution in [0.4, 0.5) is 0 Å². The van der Waals surface area contributed by atoms with E-state index in [1.165, 1.54) is 5.56 Å². The molecule has 0 saturated carbocycles. The highest BCUT2D eigenvalue weighted by Gasteiger charge is 2.47. The van der Waals surface area contributed by atoms with Crippen LogP contribution in [-0.2, 0) is 20.8 Å². The summed E-state index contributed by atoms with van der Waals surface area (Å²) >= 11 is 0. The minimum absolute atomic E-state index is 0.0452. The standard InChI is InChI=1S/C14H20O3/c1-3-14(11-17-13(14)15-2)10-16-9-12-7-5-4-6-8-12/h4-8,13H,3,9-11H2,1-2H3. The summed E-state index contributed by atoms with van der Waals surface area (Å²) in [7, 11) is 1.69. The fraction of sp³-hybridized carbons (Fsp3) is 0.571. The first-order valence-corrected chi connectivity index (χ1v) is 6.07. The van der Waals surface area contributed by atoms with Gasteiger partial charge >= 0.3 is 0 Å². The van der Waals surface area contributed by atoms with Crippen LogP contribution >= 0.6 is 0 Å². The molecule has 0 aromatic heterocycles. The van der Waals surface area contributed by atoms with Gasteiger partial charge < -0.3 is 14.2 Å². The van der Waals surface area contributed by atoms with Gasteiger partial charge in [-0.05, 0) is 12.0 Å². The minimum atomic E-state index is -0.108. The summed E-state index contributed by atoms with van der Waals surface area (Å²) in [6.45, 7) is 4.23. The Morgan fingerprint density at radius 2 is 2.12 bits per heavy atom. The second-order valence-corrected chi connectivity index (χ2v) is 4.57. The predicted molar refractivity (Wildman–Crippen MR) is 65.6 cm³/mol. The average molecular weight is 236 g/mol. The highest BCUT2D eigenvalue weighted by atomic mass is 16.7. The molecule has 1 aliphatic heterocycles. The van der Waals surface area contributed by atoms with Crippen LogP contribution in [0.3, 0.4) is 0 Å². The number of ether oxygens (including phenoxy) is 3. The lowest BCUT2D eigenvalue weighted by molar-refractivity contribution is -0.314. The van der Waals surface area contributed by atoms with Gasteiger partial charge in [0, 0.05) is 7.11 Å². The van der Waals surface area contributed by atoms with Gasteiger partial charge in [0.15, 0.2) is 6.29 Å². The van der Waals surface area contributed by atoms with Gasteiger partial charge in [-0.25, -0.2) is 0 Å². The molecule has 1 aromatic rings. The van der Waals surface area contributed by atoms with E-state index in [0.29, 0.717) is 13.2 Å². The molecule has 0 bridgehead atoms. The van der Waals surface area contributed by atoms with Crippen LogP contribution in [-0.4, -0.2) is 26.6 Å². The van der Waals surface area contributed by atoms with E-state index in [0.717, 1.165) is 13.0 Å². The van der Waals surface area contributed by atoms with Gasteiger partial charge in [-0.2, -0.15) is 0 Å². The lowest BCUT2D eigenvalue weighted by Gasteiger charge is -2.47. The molecule has 17 heavy (non-hydrogen) atoms. The number of hydrogen-bond donors (Lipinski definition) is 0. The Hall–Kier alpha value is -0.900. The number of benzene rings is 1. The lowest BCUT2D eigenvalue weighted by atomic mass is 9.82. The molecule has 94 valence electrons. The van der Waals surface area contributed by atoms with Crippen molar-refractivity contribution >= 4 is 0 Å². The van der Waals surface area contributed by atoms with Gasteiger partial charge in [0.2, 0.25) is 0 Å². The molecule has 1 aliphatic rings. The first-order valence-electron chi connectivity index (χ1n) is 6.07. The van der Waals surface area contributed by atoms with Crippen LogP contribution in [0, 0.1) is 5.41 Å². The summed E-state index contributed by atoms with van der Waals surface area (Å²) < 4.78 is 16.5. The largest absolute Gasteiger partial charge is 0.376 e. The van der Waals surface area contributed by atoms with Crippen molar-refractivity contribution in [1.29, 1.82) is 0 Å². The molecule has 0 spiro atoms. The Labute approximate surface area is 103 Å². The summed E-state index contributed by atoms with van der Waals surface area (Å²) in [4.78, 5) is 0. The third kappa shape index (κ3) is 2.68. The fourth-order valence-corrected chi connectivity index (χ4v) is 2.13. The average Bonchev–Trinajstić information content (AvgIpc) is 2.35. The van der Waals surface area contributed by atoms with Crippen LogP contribution < -0.4 is 0 Å². The zero-order valence-corrected chi connectivity index (χ0v) is 10.5. The topological polar surface area (TPSA) is 27.7 Å². The zero-order valence-electron chi connectivity index (χ0n) is 10.5. The molecule has 1 fully saturated rings. The summed E-state index contributed by atoms with van der Waals surface area (Å²) in [5.41, 5.74) is 1.25. The van der Waals surface area contributed by atoms with E-state index >= 15 is 0 Å². The molecule has 3 nitrogen and oxygen atoms in total. The van der Waals surface area contributed by atoms with Crippen molar-refractivity contribution < 1.29 is 14.2 Å². The predicted octanol–water partition coefficient (Wildman–Crippen LogP) is 2.60. The van der Waals surface area contributed by atoms with E-state index in [2.05, 4.69) is 19.1 Å². The zero-order chi connectivity index (χ0) is 12.1. The van der Waals surface area contributed by atoms with Crippen LogP contribution in [0.1, 0.15) is 18.9 Å². The minimum Gasteiger partial charge on any atom is -0.376 e. The first-order chi connectivity index (χ1) is 8.30. The summed E-state index contributed by atoms with van der Waals surface area (Å²) in [6.07, 6.45) is 0.906. The van der Waals surface area contributed by atoms with Crippen molar-refractivity contribution in [3.8, 4) is 0 Å². The molecule has 1 saturated heterocycles. The van der Waals surface area contributed by atoms with Gasteiger partial charge in [-0.15, -0.1) is 0 Å². The Kier molecular flexibility index (Phi) is 4.15. The summed E-state index contributed by atoms with van der Waals surface area (Å²) in [5, 5.41) is 0. The van der Waals surface area contributed by atoms with Crippen molar-refractivity contribution in [2.24, 2.45) is 5.41 Å². The van der Waals surface area contributed by atoms with Gasteiger partial charge in [0.05, 0.1) is 25.2 Å². The van der Waals surface area contributed by atoms with Crippen molar-refractivity contribution in [1.82, 2.24) is 0 Å². The third-order valence-corrected chi connectivity index (χ3v) is 3.44. The number of hydrogen-bond acceptors (Lipinski definition) is 3. The number of methoxy groups -OCH3 is 1. The van der Waals surface area contributed by atoms with E-state index in [4.69, 9.17) is 14.2 Å². The molecule has 1 aromatic carbocycles. The van der Waals surface area contributed by atoms with Crippen molar-refractivity contribution in [3.05, 3.63) is 35.9 Å². The molecule has 0 N–H and O–H groups in total. The molecule has 2 rings (SSSR count). The maximum absolute atomic E-state index is 5.79. The highest BCUT2D eigenvalue weighted by molar-refractivity contribution is 5.13. The van der Waals surface area contributed by atoms with Crippen molar-refractivity contribution in [2.45, 2.75) is 26.2 Å². The third-order valence-electron chi connectivity index (χ3n) is 3.44. The van der Waals surface area contributed by atoms with E-state index in [9.17, 15) is 0 Å². The molecule has 2 unspecified atom stereocenters. The van der Waals surface area contributed by atoms with Crippen molar-refractivity contribution in [2.75, 3.05) is 20.3 Å². The van der Waals surface area contributed by atoms with E-state index in [1.54, 1.807) is 7.11 Å². The SMILES string of the molecule is CCC1(COCc2ccccc2)COC1OC. The summed E-state index contributed by atoms with van der Waals surface area (Å²) in [6, 6.07) is 10.2. The molecule has 0 amide bonds. The Morgan fingerprint density at radius 3 is 2.65 bits per heavy atom. The van der Waals surface area contributed by atoms with Crippen LogP contribution in [0.15, 0.2) is 30.3 Å². The lowest BCUT2D eigenvalue weighted by Crippen LogP contribution is -2.55. The molecule has 3 heteroatoms. The van der Waals surface area contributed by atoms with Gasteiger partial charge in [0.25, 0.3) is 0 Å². The maximum Gasteiger partial charge on any atom is 0.167 e. The highest BCUT2D eigenvalue weighted by Crippen LogP contribution is 2.39. The van der Waals surface area contributed by atoms with Gasteiger partial charge in [-0.3, -0.25) is 0 Å². The second-order valence-electron chi connectivity index (χ2n) is 4.57. The van der Waals surface area contributed by atoms with Gasteiger partial charge in [0.1, 0.15) is 0 Å². The van der Waals surface area contributed by atoms with Gasteiger partial charge in [-0.1, -0.05) is 37.3 Å². The molecular formula is C14H20O3. The number of rotatable bonds is 6. The Balaban J connectivity index is 1.81. The quantitative estimate of drug-likeness (QED) is 0.760. The Bertz CT molecular complexity index is 333. The van der Waals surface area contributed by atoms with Crippen LogP contribution in [0.2, 0.25) is 0 Å². The second kappa shape index (κ2) is 5.63. The normalized spacial score (nSPS) is 27.8. The Morgan fingerprint density at radius 1 is 1.35 bits per heavy atom.